The average molecular weight is 416 g/mol. The maximum Gasteiger partial charge on any atom is 0.281 e. The molecule has 2 aliphatic rings. The summed E-state index contributed by atoms with van der Waals surface area (Å²) in [7, 11) is 0. The van der Waals surface area contributed by atoms with Crippen LogP contribution in [-0.2, 0) is 12.8 Å². The number of aromatic nitrogens is 4. The SMILES string of the molecule is O=C1SCC(C2CC2C(O)Cc2ccccc2)N1CCCCCCc1nnn[nH]1. The van der Waals surface area contributed by atoms with Gasteiger partial charge in [-0.3, -0.25) is 4.79 Å². The molecule has 1 amide bonds. The van der Waals surface area contributed by atoms with Gasteiger partial charge >= 0.3 is 0 Å². The zero-order valence-corrected chi connectivity index (χ0v) is 17.4. The monoisotopic (exact) mass is 415 g/mol. The number of carbonyl (C=O) groups excluding carboxylic acids is 1. The van der Waals surface area contributed by atoms with E-state index in [1.54, 1.807) is 0 Å². The fourth-order valence-electron chi connectivity index (χ4n) is 4.42. The molecule has 0 spiro atoms. The van der Waals surface area contributed by atoms with Crippen molar-refractivity contribution in [2.75, 3.05) is 12.3 Å². The van der Waals surface area contributed by atoms with E-state index in [2.05, 4.69) is 37.7 Å². The van der Waals surface area contributed by atoms with Crippen molar-refractivity contribution < 1.29 is 9.90 Å². The first-order chi connectivity index (χ1) is 14.2. The Morgan fingerprint density at radius 2 is 2.03 bits per heavy atom. The van der Waals surface area contributed by atoms with Crippen molar-refractivity contribution in [3.63, 3.8) is 0 Å². The van der Waals surface area contributed by atoms with E-state index in [-0.39, 0.29) is 11.3 Å². The molecule has 1 aliphatic heterocycles. The van der Waals surface area contributed by atoms with Gasteiger partial charge in [-0.15, -0.1) is 5.10 Å². The average Bonchev–Trinajstić information content (AvgIpc) is 3.18. The number of H-pyrrole nitrogens is 1. The molecule has 4 unspecified atom stereocenters. The highest BCUT2D eigenvalue weighted by molar-refractivity contribution is 8.13. The van der Waals surface area contributed by atoms with E-state index in [1.165, 1.54) is 17.3 Å². The minimum absolute atomic E-state index is 0.214. The van der Waals surface area contributed by atoms with Crippen LogP contribution < -0.4 is 0 Å². The number of amides is 1. The van der Waals surface area contributed by atoms with Crippen LogP contribution in [0.2, 0.25) is 0 Å². The Kier molecular flexibility index (Phi) is 6.82. The number of carbonyl (C=O) groups is 1. The van der Waals surface area contributed by atoms with Gasteiger partial charge < -0.3 is 10.0 Å². The summed E-state index contributed by atoms with van der Waals surface area (Å²) in [5.41, 5.74) is 1.18. The number of hydrogen-bond donors (Lipinski definition) is 2. The van der Waals surface area contributed by atoms with Crippen LogP contribution in [0.4, 0.5) is 4.79 Å². The second-order valence-corrected chi connectivity index (χ2v) is 9.14. The number of aromatic amines is 1. The number of benzene rings is 1. The molecule has 29 heavy (non-hydrogen) atoms. The number of tetrazole rings is 1. The molecule has 1 saturated carbocycles. The number of nitrogens with zero attached hydrogens (tertiary/aromatic N) is 4. The Labute approximate surface area is 175 Å². The molecule has 0 bridgehead atoms. The van der Waals surface area contributed by atoms with Gasteiger partial charge in [0.15, 0.2) is 0 Å². The Balaban J connectivity index is 1.18. The summed E-state index contributed by atoms with van der Waals surface area (Å²) in [6, 6.07) is 10.5. The van der Waals surface area contributed by atoms with Crippen molar-refractivity contribution in [1.82, 2.24) is 25.5 Å². The van der Waals surface area contributed by atoms with Crippen LogP contribution in [0.25, 0.3) is 0 Å². The Hall–Kier alpha value is -1.93. The van der Waals surface area contributed by atoms with Crippen LogP contribution in [-0.4, -0.2) is 60.3 Å². The van der Waals surface area contributed by atoms with E-state index in [4.69, 9.17) is 0 Å². The molecule has 156 valence electrons. The summed E-state index contributed by atoms with van der Waals surface area (Å²) in [6.45, 7) is 0.832. The van der Waals surface area contributed by atoms with Crippen LogP contribution in [0.3, 0.4) is 0 Å². The van der Waals surface area contributed by atoms with E-state index in [1.807, 2.05) is 18.2 Å². The lowest BCUT2D eigenvalue weighted by atomic mass is 10.0. The van der Waals surface area contributed by atoms with Gasteiger partial charge in [0.1, 0.15) is 5.82 Å². The predicted octanol–water partition coefficient (Wildman–Crippen LogP) is 3.08. The summed E-state index contributed by atoms with van der Waals surface area (Å²) in [5.74, 6) is 2.48. The van der Waals surface area contributed by atoms with Crippen LogP contribution >= 0.6 is 11.8 Å². The van der Waals surface area contributed by atoms with Crippen molar-refractivity contribution in [2.45, 2.75) is 57.1 Å². The lowest BCUT2D eigenvalue weighted by molar-refractivity contribution is 0.133. The van der Waals surface area contributed by atoms with Gasteiger partial charge in [0.05, 0.1) is 6.10 Å². The summed E-state index contributed by atoms with van der Waals surface area (Å²) in [6.07, 6.45) is 6.61. The van der Waals surface area contributed by atoms with Crippen LogP contribution in [0.5, 0.6) is 0 Å². The highest BCUT2D eigenvalue weighted by Crippen LogP contribution is 2.49. The van der Waals surface area contributed by atoms with Gasteiger partial charge in [-0.1, -0.05) is 54.9 Å². The summed E-state index contributed by atoms with van der Waals surface area (Å²) < 4.78 is 0. The first-order valence-electron chi connectivity index (χ1n) is 10.6. The third-order valence-corrected chi connectivity index (χ3v) is 7.12. The van der Waals surface area contributed by atoms with E-state index in [0.717, 1.165) is 56.6 Å². The van der Waals surface area contributed by atoms with Gasteiger partial charge in [-0.25, -0.2) is 5.10 Å². The first-order valence-corrected chi connectivity index (χ1v) is 11.6. The standard InChI is InChI=1S/C21H29N5O2S/c27-19(12-15-8-4-3-5-9-15)17-13-16(17)18-14-29-21(28)26(18)11-7-2-1-6-10-20-22-24-25-23-20/h3-5,8-9,16-19,27H,1-2,6-7,10-14H2,(H,22,23,24,25). The normalized spacial score (nSPS) is 24.8. The lowest BCUT2D eigenvalue weighted by Gasteiger charge is -2.25. The Bertz CT molecular complexity index is 773. The molecule has 2 fully saturated rings. The van der Waals surface area contributed by atoms with Crippen molar-refractivity contribution in [2.24, 2.45) is 11.8 Å². The number of hydrogen-bond acceptors (Lipinski definition) is 6. The quantitative estimate of drug-likeness (QED) is 0.548. The van der Waals surface area contributed by atoms with E-state index < -0.39 is 0 Å². The van der Waals surface area contributed by atoms with Crippen molar-refractivity contribution in [3.05, 3.63) is 41.7 Å². The highest BCUT2D eigenvalue weighted by Gasteiger charge is 2.51. The van der Waals surface area contributed by atoms with Crippen LogP contribution in [0.1, 0.15) is 43.5 Å². The molecule has 2 heterocycles. The molecule has 4 rings (SSSR count). The van der Waals surface area contributed by atoms with Crippen LogP contribution in [0, 0.1) is 11.8 Å². The summed E-state index contributed by atoms with van der Waals surface area (Å²) in [5, 5.41) is 24.7. The van der Waals surface area contributed by atoms with Gasteiger partial charge in [0, 0.05) is 24.8 Å². The predicted molar refractivity (Wildman–Crippen MR) is 112 cm³/mol. The van der Waals surface area contributed by atoms with E-state index in [0.29, 0.717) is 24.3 Å². The second-order valence-electron chi connectivity index (χ2n) is 8.17. The molecule has 1 aliphatic carbocycles. The van der Waals surface area contributed by atoms with Gasteiger partial charge in [-0.2, -0.15) is 0 Å². The zero-order valence-electron chi connectivity index (χ0n) is 16.6. The van der Waals surface area contributed by atoms with Crippen molar-refractivity contribution in [1.29, 1.82) is 0 Å². The topological polar surface area (TPSA) is 95.0 Å². The molecule has 0 radical (unpaired) electrons. The third-order valence-electron chi connectivity index (χ3n) is 6.13. The number of aliphatic hydroxyl groups excluding tert-OH is 1. The number of unbranched alkanes of at least 4 members (excludes halogenated alkanes) is 3. The molecule has 4 atom stereocenters. The molecule has 8 heteroatoms. The van der Waals surface area contributed by atoms with Crippen molar-refractivity contribution >= 4 is 17.0 Å². The largest absolute Gasteiger partial charge is 0.392 e. The molecule has 2 aromatic rings. The molecule has 1 aromatic carbocycles. The van der Waals surface area contributed by atoms with Gasteiger partial charge in [0.25, 0.3) is 5.24 Å². The van der Waals surface area contributed by atoms with Crippen molar-refractivity contribution in [3.8, 4) is 0 Å². The second kappa shape index (κ2) is 9.71. The fourth-order valence-corrected chi connectivity index (χ4v) is 5.55. The number of rotatable bonds is 11. The Morgan fingerprint density at radius 3 is 2.83 bits per heavy atom. The molecule has 1 aromatic heterocycles. The molecule has 1 saturated heterocycles. The van der Waals surface area contributed by atoms with E-state index >= 15 is 0 Å². The highest BCUT2D eigenvalue weighted by atomic mass is 32.2. The molecule has 7 nitrogen and oxygen atoms in total. The minimum atomic E-state index is -0.310. The summed E-state index contributed by atoms with van der Waals surface area (Å²) >= 11 is 1.45. The Morgan fingerprint density at radius 1 is 1.21 bits per heavy atom. The lowest BCUT2D eigenvalue weighted by Crippen LogP contribution is -2.37. The first kappa shape index (κ1) is 20.3. The maximum atomic E-state index is 12.4. The fraction of sp³-hybridized carbons (Fsp3) is 0.619. The number of thioether (sulfide) groups is 1. The van der Waals surface area contributed by atoms with E-state index in [9.17, 15) is 9.90 Å². The van der Waals surface area contributed by atoms with Gasteiger partial charge in [0.2, 0.25) is 0 Å². The van der Waals surface area contributed by atoms with Gasteiger partial charge in [-0.05, 0) is 53.5 Å². The third kappa shape index (κ3) is 5.36. The number of nitrogens with one attached hydrogen (secondary N) is 1. The minimum Gasteiger partial charge on any atom is -0.392 e. The molecular formula is C21H29N5O2S. The number of aliphatic hydroxyl groups is 1. The molecule has 2 N–H and O–H groups in total. The zero-order chi connectivity index (χ0) is 20.1. The molecular weight excluding hydrogens is 386 g/mol. The maximum absolute atomic E-state index is 12.4. The summed E-state index contributed by atoms with van der Waals surface area (Å²) in [4.78, 5) is 14.4. The van der Waals surface area contributed by atoms with Crippen LogP contribution in [0.15, 0.2) is 30.3 Å². The number of aryl methyl sites for hydroxylation is 1. The smallest absolute Gasteiger partial charge is 0.281 e.